The number of nitrogens with one attached hydrogen (secondary N) is 2. The maximum absolute atomic E-state index is 13.3. The molecule has 1 fully saturated rings. The van der Waals surface area contributed by atoms with Crippen molar-refractivity contribution in [3.63, 3.8) is 0 Å². The van der Waals surface area contributed by atoms with E-state index in [9.17, 15) is 9.59 Å². The van der Waals surface area contributed by atoms with Crippen molar-refractivity contribution >= 4 is 29.2 Å². The minimum Gasteiger partial charge on any atom is -0.497 e. The number of ketones is 1. The number of methoxy groups -OCH3 is 1. The first-order valence-corrected chi connectivity index (χ1v) is 16.1. The fourth-order valence-corrected chi connectivity index (χ4v) is 6.07. The zero-order valence-electron chi connectivity index (χ0n) is 27.2. The van der Waals surface area contributed by atoms with Crippen LogP contribution in [0.3, 0.4) is 0 Å². The molecule has 0 spiro atoms. The van der Waals surface area contributed by atoms with Gasteiger partial charge in [-0.25, -0.2) is 15.0 Å². The molecule has 2 N–H and O–H groups in total. The summed E-state index contributed by atoms with van der Waals surface area (Å²) in [6, 6.07) is 11.4. The Balaban J connectivity index is 1.27. The number of anilines is 3. The Morgan fingerprint density at radius 3 is 2.53 bits per heavy atom. The van der Waals surface area contributed by atoms with Crippen molar-refractivity contribution in [3.8, 4) is 5.75 Å². The van der Waals surface area contributed by atoms with Crippen molar-refractivity contribution < 1.29 is 19.1 Å². The van der Waals surface area contributed by atoms with Crippen LogP contribution in [0.2, 0.25) is 0 Å². The lowest BCUT2D eigenvalue weighted by molar-refractivity contribution is -0.159. The summed E-state index contributed by atoms with van der Waals surface area (Å²) < 4.78 is 10.9. The van der Waals surface area contributed by atoms with Gasteiger partial charge < -0.3 is 25.0 Å². The lowest BCUT2D eigenvalue weighted by atomic mass is 9.92. The van der Waals surface area contributed by atoms with Crippen LogP contribution < -0.4 is 20.3 Å². The predicted molar refractivity (Wildman–Crippen MR) is 176 cm³/mol. The number of rotatable bonds is 11. The second-order valence-electron chi connectivity index (χ2n) is 12.9. The van der Waals surface area contributed by atoms with Crippen molar-refractivity contribution in [2.75, 3.05) is 48.8 Å². The largest absolute Gasteiger partial charge is 0.497 e. The van der Waals surface area contributed by atoms with Gasteiger partial charge >= 0.3 is 5.97 Å². The Morgan fingerprint density at radius 2 is 1.84 bits per heavy atom. The van der Waals surface area contributed by atoms with Crippen LogP contribution in [-0.2, 0) is 22.4 Å². The van der Waals surface area contributed by atoms with Gasteiger partial charge in [0.1, 0.15) is 35.1 Å². The topological polar surface area (TPSA) is 119 Å². The third kappa shape index (κ3) is 8.09. The summed E-state index contributed by atoms with van der Waals surface area (Å²) in [5.41, 5.74) is 3.33. The van der Waals surface area contributed by atoms with Crippen LogP contribution in [0.5, 0.6) is 5.75 Å². The lowest BCUT2D eigenvalue weighted by Crippen LogP contribution is -2.35. The van der Waals surface area contributed by atoms with Gasteiger partial charge in [-0.15, -0.1) is 0 Å². The lowest BCUT2D eigenvalue weighted by Gasteiger charge is -2.34. The number of ether oxygens (including phenoxy) is 2. The minimum absolute atomic E-state index is 0.00734. The van der Waals surface area contributed by atoms with E-state index in [1.54, 1.807) is 37.7 Å². The molecule has 10 heteroatoms. The molecular formula is C35H46N6O4. The first-order chi connectivity index (χ1) is 21.6. The minimum atomic E-state index is -0.698. The second kappa shape index (κ2) is 14.3. The Hall–Kier alpha value is -4.21. The van der Waals surface area contributed by atoms with Crippen molar-refractivity contribution in [2.24, 2.45) is 5.92 Å². The quantitative estimate of drug-likeness (QED) is 0.202. The monoisotopic (exact) mass is 614 g/mol. The van der Waals surface area contributed by atoms with Gasteiger partial charge in [0.05, 0.1) is 13.0 Å². The van der Waals surface area contributed by atoms with Crippen LogP contribution in [0.15, 0.2) is 42.7 Å². The number of aromatic nitrogens is 3. The van der Waals surface area contributed by atoms with Crippen LogP contribution in [0.1, 0.15) is 86.5 Å². The third-order valence-electron chi connectivity index (χ3n) is 8.50. The second-order valence-corrected chi connectivity index (χ2v) is 12.9. The van der Waals surface area contributed by atoms with Crippen molar-refractivity contribution in [1.82, 2.24) is 15.0 Å². The maximum Gasteiger partial charge on any atom is 0.311 e. The number of piperidine rings is 1. The predicted octanol–water partition coefficient (Wildman–Crippen LogP) is 5.83. The fourth-order valence-electron chi connectivity index (χ4n) is 6.07. The van der Waals surface area contributed by atoms with Crippen LogP contribution in [0.25, 0.3) is 0 Å². The number of carbonyl (C=O) groups excluding carboxylic acids is 2. The molecule has 1 saturated heterocycles. The number of esters is 1. The summed E-state index contributed by atoms with van der Waals surface area (Å²) in [5, 5.41) is 6.84. The van der Waals surface area contributed by atoms with E-state index in [1.165, 1.54) is 11.3 Å². The number of nitrogens with zero attached hydrogens (tertiary/aromatic N) is 4. The number of Topliss-reactive ketones (excluding diaryl/α,β-unsaturated/α-hetero) is 1. The van der Waals surface area contributed by atoms with Gasteiger partial charge in [0.15, 0.2) is 5.78 Å². The standard InChI is InChI=1S/C35H46N6O4/c1-6-28-32(37-21-26(34(43)45-35(2,3)4)20-30(42)24-9-12-27(44-5)13-10-24)38-22-39-33(28)41-18-15-23(16-19-41)29-14-11-25-8-7-17-36-31(25)40-29/h9-14,22-23,26H,6-8,15-21H2,1-5H3,(H,36,40)(H,37,38,39)/t26-/m0/s1. The van der Waals surface area contributed by atoms with Crippen molar-refractivity contribution in [2.45, 2.75) is 77.7 Å². The molecule has 0 unspecified atom stereocenters. The summed E-state index contributed by atoms with van der Waals surface area (Å²) in [6.07, 6.45) is 6.54. The molecule has 0 aliphatic carbocycles. The van der Waals surface area contributed by atoms with E-state index in [1.807, 2.05) is 20.8 Å². The summed E-state index contributed by atoms with van der Waals surface area (Å²) in [6.45, 7) is 10.5. The Bertz CT molecular complexity index is 1480. The van der Waals surface area contributed by atoms with Gasteiger partial charge in [-0.2, -0.15) is 0 Å². The number of benzene rings is 1. The summed E-state index contributed by atoms with van der Waals surface area (Å²) >= 11 is 0. The normalized spacial score (nSPS) is 15.9. The zero-order valence-corrected chi connectivity index (χ0v) is 27.2. The van der Waals surface area contributed by atoms with Gasteiger partial charge in [-0.05, 0) is 88.8 Å². The first kappa shape index (κ1) is 32.2. The van der Waals surface area contributed by atoms with E-state index in [0.29, 0.717) is 23.0 Å². The molecule has 2 aliphatic heterocycles. The summed E-state index contributed by atoms with van der Waals surface area (Å²) in [5.74, 6) is 2.47. The van der Waals surface area contributed by atoms with Crippen LogP contribution in [-0.4, -0.2) is 65.6 Å². The SMILES string of the molecule is CCc1c(NC[C@H](CC(=O)c2ccc(OC)cc2)C(=O)OC(C)(C)C)ncnc1N1CCC(c2ccc3c(n2)NCCC3)CC1. The van der Waals surface area contributed by atoms with Gasteiger partial charge in [-0.3, -0.25) is 9.59 Å². The highest BCUT2D eigenvalue weighted by Gasteiger charge is 2.29. The third-order valence-corrected chi connectivity index (χ3v) is 8.50. The van der Waals surface area contributed by atoms with Crippen LogP contribution in [0.4, 0.5) is 17.5 Å². The van der Waals surface area contributed by atoms with Crippen LogP contribution in [0, 0.1) is 5.92 Å². The smallest absolute Gasteiger partial charge is 0.311 e. The highest BCUT2D eigenvalue weighted by Crippen LogP contribution is 2.33. The number of aryl methyl sites for hydroxylation is 1. The molecule has 1 atom stereocenters. The first-order valence-electron chi connectivity index (χ1n) is 16.1. The maximum atomic E-state index is 13.3. The fraction of sp³-hybridized carbons (Fsp3) is 0.514. The van der Waals surface area contributed by atoms with E-state index >= 15 is 0 Å². The average Bonchev–Trinajstić information content (AvgIpc) is 3.05. The molecule has 45 heavy (non-hydrogen) atoms. The Kier molecular flexibility index (Phi) is 10.2. The molecule has 10 nitrogen and oxygen atoms in total. The average molecular weight is 615 g/mol. The van der Waals surface area contributed by atoms with Crippen LogP contribution >= 0.6 is 0 Å². The number of carbonyl (C=O) groups is 2. The molecule has 2 aromatic heterocycles. The van der Waals surface area contributed by atoms with E-state index in [-0.39, 0.29) is 18.7 Å². The molecular weight excluding hydrogens is 568 g/mol. The van der Waals surface area contributed by atoms with E-state index < -0.39 is 17.5 Å². The van der Waals surface area contributed by atoms with E-state index in [2.05, 4.69) is 39.6 Å². The molecule has 3 aromatic rings. The van der Waals surface area contributed by atoms with Crippen molar-refractivity contribution in [1.29, 1.82) is 0 Å². The highest BCUT2D eigenvalue weighted by atomic mass is 16.6. The number of pyridine rings is 1. The molecule has 4 heterocycles. The zero-order chi connectivity index (χ0) is 32.0. The summed E-state index contributed by atoms with van der Waals surface area (Å²) in [4.78, 5) is 43.0. The van der Waals surface area contributed by atoms with Gasteiger partial charge in [0, 0.05) is 55.3 Å². The molecule has 0 saturated carbocycles. The number of hydrogen-bond acceptors (Lipinski definition) is 10. The molecule has 0 bridgehead atoms. The summed E-state index contributed by atoms with van der Waals surface area (Å²) in [7, 11) is 1.58. The molecule has 2 aliphatic rings. The van der Waals surface area contributed by atoms with Gasteiger partial charge in [0.2, 0.25) is 0 Å². The molecule has 1 aromatic carbocycles. The Morgan fingerprint density at radius 1 is 1.09 bits per heavy atom. The molecule has 240 valence electrons. The van der Waals surface area contributed by atoms with Gasteiger partial charge in [0.25, 0.3) is 0 Å². The van der Waals surface area contributed by atoms with Gasteiger partial charge in [-0.1, -0.05) is 13.0 Å². The van der Waals surface area contributed by atoms with Crippen molar-refractivity contribution in [3.05, 3.63) is 65.1 Å². The Labute approximate surface area is 266 Å². The molecule has 0 amide bonds. The molecule has 0 radical (unpaired) electrons. The van der Waals surface area contributed by atoms with E-state index in [0.717, 1.165) is 68.9 Å². The molecule has 5 rings (SSSR count). The van der Waals surface area contributed by atoms with E-state index in [4.69, 9.17) is 19.4 Å². The number of hydrogen-bond donors (Lipinski definition) is 2. The number of fused-ring (bicyclic) bond motifs is 1. The highest BCUT2D eigenvalue weighted by molar-refractivity contribution is 5.98.